The van der Waals surface area contributed by atoms with E-state index in [4.69, 9.17) is 14.9 Å². The Morgan fingerprint density at radius 1 is 1.00 bits per heavy atom. The number of carbonyl (C=O) groups is 2. The lowest BCUT2D eigenvalue weighted by Gasteiger charge is -2.28. The minimum absolute atomic E-state index is 0.558. The highest BCUT2D eigenvalue weighted by molar-refractivity contribution is 5.89. The van der Waals surface area contributed by atoms with E-state index in [0.29, 0.717) is 18.8 Å². The Labute approximate surface area is 192 Å². The lowest BCUT2D eigenvalue weighted by Crippen LogP contribution is -2.31. The lowest BCUT2D eigenvalue weighted by atomic mass is 10.00. The number of hydrogen-bond donors (Lipinski definition) is 2. The summed E-state index contributed by atoms with van der Waals surface area (Å²) in [7, 11) is 0. The van der Waals surface area contributed by atoms with Gasteiger partial charge in [0.1, 0.15) is 0 Å². The summed E-state index contributed by atoms with van der Waals surface area (Å²) in [5.74, 6) is -2.51. The van der Waals surface area contributed by atoms with Crippen LogP contribution in [0.25, 0.3) is 5.52 Å². The van der Waals surface area contributed by atoms with Gasteiger partial charge >= 0.3 is 11.9 Å². The molecule has 8 nitrogen and oxygen atoms in total. The standard InChI is InChI=1S/C21H25N3O.C4H4O4/c1-2-8-19-16-23(13-10-18(19)7-1)11-5-6-14-25-17-20-15-21-9-3-4-12-24(21)22-20;5-3(6)1-2-4(7)8/h1-4,7-9,12,15H,5-6,10-11,13-14,16-17H2;1-2H,(H,5,6)(H,7,8)/b;2-1-. The Balaban J connectivity index is 0.000000331. The summed E-state index contributed by atoms with van der Waals surface area (Å²) in [6.07, 6.45) is 6.56. The molecule has 1 aliphatic heterocycles. The normalized spacial score (nSPS) is 13.5. The molecule has 0 aliphatic carbocycles. The number of fused-ring (bicyclic) bond motifs is 2. The largest absolute Gasteiger partial charge is 0.478 e. The molecule has 2 N–H and O–H groups in total. The Morgan fingerprint density at radius 3 is 2.45 bits per heavy atom. The van der Waals surface area contributed by atoms with Crippen LogP contribution >= 0.6 is 0 Å². The zero-order valence-electron chi connectivity index (χ0n) is 18.5. The van der Waals surface area contributed by atoms with Gasteiger partial charge < -0.3 is 14.9 Å². The molecule has 33 heavy (non-hydrogen) atoms. The number of hydrogen-bond acceptors (Lipinski definition) is 5. The third-order valence-electron chi connectivity index (χ3n) is 5.26. The quantitative estimate of drug-likeness (QED) is 0.379. The van der Waals surface area contributed by atoms with Crippen LogP contribution in [-0.4, -0.2) is 56.4 Å². The molecule has 3 aromatic rings. The van der Waals surface area contributed by atoms with E-state index < -0.39 is 11.9 Å². The molecule has 1 aromatic carbocycles. The highest BCUT2D eigenvalue weighted by Crippen LogP contribution is 2.18. The molecule has 0 saturated carbocycles. The summed E-state index contributed by atoms with van der Waals surface area (Å²) >= 11 is 0. The van der Waals surface area contributed by atoms with Crippen molar-refractivity contribution in [3.63, 3.8) is 0 Å². The number of aromatic nitrogens is 2. The van der Waals surface area contributed by atoms with Crippen LogP contribution in [0.4, 0.5) is 0 Å². The van der Waals surface area contributed by atoms with Crippen molar-refractivity contribution in [2.75, 3.05) is 19.7 Å². The van der Waals surface area contributed by atoms with Gasteiger partial charge in [-0.15, -0.1) is 0 Å². The molecule has 0 unspecified atom stereocenters. The number of benzene rings is 1. The van der Waals surface area contributed by atoms with E-state index in [1.54, 1.807) is 0 Å². The fourth-order valence-corrected chi connectivity index (χ4v) is 3.67. The molecule has 4 rings (SSSR count). The van der Waals surface area contributed by atoms with Gasteiger partial charge in [0.2, 0.25) is 0 Å². The maximum Gasteiger partial charge on any atom is 0.328 e. The summed E-state index contributed by atoms with van der Waals surface area (Å²) in [4.78, 5) is 21.7. The number of unbranched alkanes of at least 4 members (excludes halogenated alkanes) is 1. The third-order valence-corrected chi connectivity index (χ3v) is 5.26. The highest BCUT2D eigenvalue weighted by Gasteiger charge is 2.14. The van der Waals surface area contributed by atoms with Crippen molar-refractivity contribution >= 4 is 17.5 Å². The molecule has 2 aromatic heterocycles. The molecule has 0 atom stereocenters. The fraction of sp³-hybridized carbons (Fsp3) is 0.320. The van der Waals surface area contributed by atoms with E-state index in [2.05, 4.69) is 46.4 Å². The van der Waals surface area contributed by atoms with Gasteiger partial charge in [-0.3, -0.25) is 4.90 Å². The number of ether oxygens (including phenoxy) is 1. The minimum Gasteiger partial charge on any atom is -0.478 e. The van der Waals surface area contributed by atoms with Crippen molar-refractivity contribution in [3.8, 4) is 0 Å². The van der Waals surface area contributed by atoms with Crippen LogP contribution < -0.4 is 0 Å². The zero-order chi connectivity index (χ0) is 23.5. The third kappa shape index (κ3) is 8.17. The van der Waals surface area contributed by atoms with Gasteiger partial charge in [0.25, 0.3) is 0 Å². The van der Waals surface area contributed by atoms with Gasteiger partial charge in [0.05, 0.1) is 17.8 Å². The Kier molecular flexibility index (Phi) is 9.17. The van der Waals surface area contributed by atoms with Crippen LogP contribution in [0.3, 0.4) is 0 Å². The van der Waals surface area contributed by atoms with Gasteiger partial charge in [-0.05, 0) is 55.1 Å². The molecule has 0 saturated heterocycles. The van der Waals surface area contributed by atoms with Gasteiger partial charge in [0.15, 0.2) is 0 Å². The molecular formula is C25H29N3O5. The van der Waals surface area contributed by atoms with Crippen LogP contribution in [0.1, 0.15) is 29.7 Å². The molecule has 0 spiro atoms. The number of carboxylic acids is 2. The van der Waals surface area contributed by atoms with Gasteiger partial charge in [-0.2, -0.15) is 5.10 Å². The van der Waals surface area contributed by atoms with Crippen LogP contribution in [-0.2, 0) is 33.9 Å². The average molecular weight is 452 g/mol. The number of nitrogens with zero attached hydrogens (tertiary/aromatic N) is 3. The smallest absolute Gasteiger partial charge is 0.328 e. The predicted molar refractivity (Wildman–Crippen MR) is 124 cm³/mol. The monoisotopic (exact) mass is 451 g/mol. The van der Waals surface area contributed by atoms with E-state index in [9.17, 15) is 9.59 Å². The molecule has 174 valence electrons. The molecule has 0 fully saturated rings. The first kappa shape index (κ1) is 24.2. The fourth-order valence-electron chi connectivity index (χ4n) is 3.67. The van der Waals surface area contributed by atoms with E-state index in [1.807, 2.05) is 22.8 Å². The predicted octanol–water partition coefficient (Wildman–Crippen LogP) is 3.40. The van der Waals surface area contributed by atoms with Crippen LogP contribution in [0.2, 0.25) is 0 Å². The highest BCUT2D eigenvalue weighted by atomic mass is 16.5. The second-order valence-electron chi connectivity index (χ2n) is 7.77. The number of pyridine rings is 1. The first-order valence-electron chi connectivity index (χ1n) is 11.0. The van der Waals surface area contributed by atoms with Crippen LogP contribution in [0, 0.1) is 0 Å². The molecular weight excluding hydrogens is 422 g/mol. The van der Waals surface area contributed by atoms with Gasteiger partial charge in [-0.25, -0.2) is 14.1 Å². The number of rotatable bonds is 9. The van der Waals surface area contributed by atoms with Crippen LogP contribution in [0.15, 0.2) is 66.9 Å². The molecule has 0 amide bonds. The maximum absolute atomic E-state index is 9.55. The van der Waals surface area contributed by atoms with Crippen molar-refractivity contribution < 1.29 is 24.5 Å². The van der Waals surface area contributed by atoms with Crippen molar-refractivity contribution in [2.45, 2.75) is 32.4 Å². The Bertz CT molecular complexity index is 1040. The molecule has 0 radical (unpaired) electrons. The summed E-state index contributed by atoms with van der Waals surface area (Å²) < 4.78 is 7.70. The zero-order valence-corrected chi connectivity index (χ0v) is 18.5. The maximum atomic E-state index is 9.55. The van der Waals surface area contributed by atoms with E-state index in [0.717, 1.165) is 37.3 Å². The number of carboxylic acid groups (broad SMARTS) is 2. The van der Waals surface area contributed by atoms with Crippen molar-refractivity contribution in [1.82, 2.24) is 14.5 Å². The summed E-state index contributed by atoms with van der Waals surface area (Å²) in [5, 5.41) is 20.1. The summed E-state index contributed by atoms with van der Waals surface area (Å²) in [5.41, 5.74) is 5.14. The van der Waals surface area contributed by atoms with Gasteiger partial charge in [-0.1, -0.05) is 30.3 Å². The molecule has 8 heteroatoms. The second-order valence-corrected chi connectivity index (χ2v) is 7.77. The summed E-state index contributed by atoms with van der Waals surface area (Å²) in [6, 6.07) is 17.0. The van der Waals surface area contributed by atoms with Crippen molar-refractivity contribution in [3.05, 3.63) is 83.7 Å². The van der Waals surface area contributed by atoms with Crippen molar-refractivity contribution in [2.24, 2.45) is 0 Å². The topological polar surface area (TPSA) is 104 Å². The van der Waals surface area contributed by atoms with Crippen LogP contribution in [0.5, 0.6) is 0 Å². The average Bonchev–Trinajstić information content (AvgIpc) is 3.23. The lowest BCUT2D eigenvalue weighted by molar-refractivity contribution is -0.134. The number of aliphatic carboxylic acids is 2. The first-order chi connectivity index (χ1) is 16.0. The van der Waals surface area contributed by atoms with E-state index in [1.165, 1.54) is 30.5 Å². The minimum atomic E-state index is -1.26. The molecule has 3 heterocycles. The Morgan fingerprint density at radius 2 is 1.73 bits per heavy atom. The first-order valence-corrected chi connectivity index (χ1v) is 11.0. The van der Waals surface area contributed by atoms with E-state index >= 15 is 0 Å². The molecule has 1 aliphatic rings. The Hall–Kier alpha value is -3.49. The van der Waals surface area contributed by atoms with Gasteiger partial charge in [0, 0.05) is 38.0 Å². The summed E-state index contributed by atoms with van der Waals surface area (Å²) in [6.45, 7) is 4.83. The van der Waals surface area contributed by atoms with Crippen molar-refractivity contribution in [1.29, 1.82) is 0 Å². The molecule has 0 bridgehead atoms. The SMILES string of the molecule is O=C(O)/C=C\C(=O)O.c1ccc2c(c1)CCN(CCCCOCc1cc3ccccn3n1)C2. The second kappa shape index (κ2) is 12.5. The van der Waals surface area contributed by atoms with E-state index in [-0.39, 0.29) is 0 Å².